The van der Waals surface area contributed by atoms with E-state index in [1.54, 1.807) is 0 Å². The fourth-order valence-corrected chi connectivity index (χ4v) is 5.21. The summed E-state index contributed by atoms with van der Waals surface area (Å²) in [6.45, 7) is 7.58. The van der Waals surface area contributed by atoms with Crippen molar-refractivity contribution < 1.29 is 0 Å². The van der Waals surface area contributed by atoms with Gasteiger partial charge in [0.1, 0.15) is 0 Å². The van der Waals surface area contributed by atoms with Gasteiger partial charge in [0.2, 0.25) is 0 Å². The first-order valence-corrected chi connectivity index (χ1v) is 9.63. The van der Waals surface area contributed by atoms with Crippen LogP contribution in [0.25, 0.3) is 0 Å². The van der Waals surface area contributed by atoms with E-state index in [0.29, 0.717) is 5.41 Å². The van der Waals surface area contributed by atoms with Gasteiger partial charge in [0.25, 0.3) is 0 Å². The summed E-state index contributed by atoms with van der Waals surface area (Å²) in [5, 5.41) is 0. The van der Waals surface area contributed by atoms with E-state index < -0.39 is 0 Å². The maximum atomic E-state index is 2.59. The Morgan fingerprint density at radius 1 is 0.850 bits per heavy atom. The zero-order chi connectivity index (χ0) is 14.4. The average molecular weight is 279 g/mol. The highest BCUT2D eigenvalue weighted by atomic mass is 14.4. The fraction of sp³-hybridized carbons (Fsp3) is 1.00. The molecule has 1 unspecified atom stereocenters. The van der Waals surface area contributed by atoms with Gasteiger partial charge in [-0.05, 0) is 42.4 Å². The van der Waals surface area contributed by atoms with Gasteiger partial charge in [0.05, 0.1) is 0 Å². The fourth-order valence-electron chi connectivity index (χ4n) is 5.21. The first kappa shape index (κ1) is 16.4. The molecule has 2 saturated carbocycles. The minimum atomic E-state index is 0.595. The van der Waals surface area contributed by atoms with Crippen LogP contribution in [0.1, 0.15) is 104 Å². The molecule has 0 heteroatoms. The molecule has 0 radical (unpaired) electrons. The quantitative estimate of drug-likeness (QED) is 0.491. The van der Waals surface area contributed by atoms with Crippen LogP contribution >= 0.6 is 0 Å². The molecule has 1 atom stereocenters. The molecule has 0 heterocycles. The van der Waals surface area contributed by atoms with E-state index in [0.717, 1.165) is 17.8 Å². The molecule has 2 rings (SSSR count). The standard InChI is InChI=1S/C20H38/c1-4-11-18(17-12-7-5-8-13-17)16-20(2,3)19-14-9-6-10-15-19/h17-19H,4-16H2,1-3H3. The molecule has 0 aromatic carbocycles. The first-order chi connectivity index (χ1) is 9.63. The SMILES string of the molecule is CCCC(CC(C)(C)C1CCCCC1)C1CCCCC1. The van der Waals surface area contributed by atoms with Crippen molar-refractivity contribution in [2.75, 3.05) is 0 Å². The first-order valence-electron chi connectivity index (χ1n) is 9.63. The Morgan fingerprint density at radius 2 is 1.40 bits per heavy atom. The molecule has 2 aliphatic carbocycles. The van der Waals surface area contributed by atoms with Crippen LogP contribution in [0, 0.1) is 23.2 Å². The Bertz CT molecular complexity index is 253. The summed E-state index contributed by atoms with van der Waals surface area (Å²) in [5.74, 6) is 3.10. The summed E-state index contributed by atoms with van der Waals surface area (Å²) in [4.78, 5) is 0. The molecule has 0 saturated heterocycles. The maximum absolute atomic E-state index is 2.59. The van der Waals surface area contributed by atoms with Gasteiger partial charge in [0.15, 0.2) is 0 Å². The third kappa shape index (κ3) is 4.50. The normalized spacial score (nSPS) is 24.8. The zero-order valence-corrected chi connectivity index (χ0v) is 14.4. The predicted octanol–water partition coefficient (Wildman–Crippen LogP) is 6.98. The summed E-state index contributed by atoms with van der Waals surface area (Å²) < 4.78 is 0. The average Bonchev–Trinajstić information content (AvgIpc) is 2.48. The van der Waals surface area contributed by atoms with Crippen molar-refractivity contribution >= 4 is 0 Å². The molecule has 0 aromatic rings. The van der Waals surface area contributed by atoms with Crippen molar-refractivity contribution in [3.63, 3.8) is 0 Å². The Kier molecular flexibility index (Phi) is 6.43. The van der Waals surface area contributed by atoms with E-state index in [-0.39, 0.29) is 0 Å². The monoisotopic (exact) mass is 278 g/mol. The van der Waals surface area contributed by atoms with Gasteiger partial charge < -0.3 is 0 Å². The highest BCUT2D eigenvalue weighted by Gasteiger charge is 2.35. The van der Waals surface area contributed by atoms with Gasteiger partial charge in [-0.15, -0.1) is 0 Å². The number of rotatable bonds is 6. The van der Waals surface area contributed by atoms with E-state index in [1.165, 1.54) is 83.5 Å². The van der Waals surface area contributed by atoms with Gasteiger partial charge in [0, 0.05) is 0 Å². The summed E-state index contributed by atoms with van der Waals surface area (Å²) >= 11 is 0. The lowest BCUT2D eigenvalue weighted by molar-refractivity contribution is 0.0886. The van der Waals surface area contributed by atoms with Crippen LogP contribution < -0.4 is 0 Å². The third-order valence-electron chi connectivity index (χ3n) is 6.47. The van der Waals surface area contributed by atoms with Crippen molar-refractivity contribution in [3.8, 4) is 0 Å². The second kappa shape index (κ2) is 7.85. The van der Waals surface area contributed by atoms with Crippen LogP contribution in [0.5, 0.6) is 0 Å². The largest absolute Gasteiger partial charge is 0.0654 e. The predicted molar refractivity (Wildman–Crippen MR) is 89.9 cm³/mol. The second-order valence-electron chi connectivity index (χ2n) is 8.47. The van der Waals surface area contributed by atoms with Gasteiger partial charge >= 0.3 is 0 Å². The van der Waals surface area contributed by atoms with Crippen molar-refractivity contribution in [1.29, 1.82) is 0 Å². The molecule has 2 aliphatic rings. The van der Waals surface area contributed by atoms with Crippen LogP contribution in [-0.4, -0.2) is 0 Å². The molecule has 118 valence electrons. The lowest BCUT2D eigenvalue weighted by Gasteiger charge is -2.42. The molecule has 0 nitrogen and oxygen atoms in total. The third-order valence-corrected chi connectivity index (χ3v) is 6.47. The van der Waals surface area contributed by atoms with E-state index in [2.05, 4.69) is 20.8 Å². The number of hydrogen-bond donors (Lipinski definition) is 0. The summed E-state index contributed by atoms with van der Waals surface area (Å²) in [6.07, 6.45) is 19.5. The summed E-state index contributed by atoms with van der Waals surface area (Å²) in [7, 11) is 0. The smallest absolute Gasteiger partial charge is 0.0323 e. The Balaban J connectivity index is 1.94. The van der Waals surface area contributed by atoms with Crippen molar-refractivity contribution in [1.82, 2.24) is 0 Å². The highest BCUT2D eigenvalue weighted by molar-refractivity contribution is 4.86. The van der Waals surface area contributed by atoms with Crippen molar-refractivity contribution in [3.05, 3.63) is 0 Å². The van der Waals surface area contributed by atoms with E-state index >= 15 is 0 Å². The molecule has 0 aromatic heterocycles. The molecular formula is C20H38. The number of hydrogen-bond acceptors (Lipinski definition) is 0. The summed E-state index contributed by atoms with van der Waals surface area (Å²) in [5.41, 5.74) is 0.595. The molecule has 0 amide bonds. The van der Waals surface area contributed by atoms with E-state index in [9.17, 15) is 0 Å². The maximum Gasteiger partial charge on any atom is -0.0323 e. The molecule has 0 aliphatic heterocycles. The van der Waals surface area contributed by atoms with Gasteiger partial charge in [-0.3, -0.25) is 0 Å². The van der Waals surface area contributed by atoms with Crippen molar-refractivity contribution in [2.24, 2.45) is 23.2 Å². The molecule has 0 N–H and O–H groups in total. The second-order valence-corrected chi connectivity index (χ2v) is 8.47. The van der Waals surface area contributed by atoms with E-state index in [4.69, 9.17) is 0 Å². The topological polar surface area (TPSA) is 0 Å². The Morgan fingerprint density at radius 3 is 1.95 bits per heavy atom. The Labute approximate surface area is 128 Å². The van der Waals surface area contributed by atoms with Gasteiger partial charge in [-0.2, -0.15) is 0 Å². The van der Waals surface area contributed by atoms with Gasteiger partial charge in [-0.1, -0.05) is 85.0 Å². The van der Waals surface area contributed by atoms with Crippen molar-refractivity contribution in [2.45, 2.75) is 104 Å². The molecular weight excluding hydrogens is 240 g/mol. The molecule has 2 fully saturated rings. The minimum absolute atomic E-state index is 0.595. The molecule has 0 spiro atoms. The zero-order valence-electron chi connectivity index (χ0n) is 14.4. The van der Waals surface area contributed by atoms with Crippen LogP contribution in [0.2, 0.25) is 0 Å². The molecule has 0 bridgehead atoms. The van der Waals surface area contributed by atoms with Crippen LogP contribution in [0.3, 0.4) is 0 Å². The van der Waals surface area contributed by atoms with Crippen LogP contribution in [0.4, 0.5) is 0 Å². The lowest BCUT2D eigenvalue weighted by atomic mass is 9.64. The molecule has 20 heavy (non-hydrogen) atoms. The Hall–Kier alpha value is 0. The van der Waals surface area contributed by atoms with Crippen LogP contribution in [0.15, 0.2) is 0 Å². The lowest BCUT2D eigenvalue weighted by Crippen LogP contribution is -2.31. The van der Waals surface area contributed by atoms with Crippen LogP contribution in [-0.2, 0) is 0 Å². The van der Waals surface area contributed by atoms with Gasteiger partial charge in [-0.25, -0.2) is 0 Å². The summed E-state index contributed by atoms with van der Waals surface area (Å²) in [6, 6.07) is 0. The van der Waals surface area contributed by atoms with E-state index in [1.807, 2.05) is 0 Å². The highest BCUT2D eigenvalue weighted by Crippen LogP contribution is 2.46. The minimum Gasteiger partial charge on any atom is -0.0654 e.